The highest BCUT2D eigenvalue weighted by Gasteiger charge is 2.22. The Hall–Kier alpha value is -1.70. The summed E-state index contributed by atoms with van der Waals surface area (Å²) in [5.74, 6) is 0. The monoisotopic (exact) mass is 450 g/mol. The van der Waals surface area contributed by atoms with E-state index in [0.717, 1.165) is 5.56 Å². The van der Waals surface area contributed by atoms with E-state index in [-0.39, 0.29) is 4.90 Å². The third kappa shape index (κ3) is 3.38. The highest BCUT2D eigenvalue weighted by molar-refractivity contribution is 14.1. The van der Waals surface area contributed by atoms with Crippen molar-refractivity contribution in [1.82, 2.24) is 0 Å². The van der Waals surface area contributed by atoms with Crippen LogP contribution >= 0.6 is 22.6 Å². The SMILES string of the molecule is Cc1ccc(S(=O)(=O)O)cc1.Ic1cccc2c1-c1ccccc1-2. The standard InChI is InChI=1S/C12H7I.C7H8O3S/c13-11-7-3-6-10-8-4-1-2-5-9(8)12(10)11;1-6-2-4-7(5-3-6)11(8,9)10/h1-7H;2-5H,1H3,(H,8,9,10). The molecule has 1 aliphatic rings. The molecule has 3 aromatic rings. The second-order valence-electron chi connectivity index (χ2n) is 5.50. The second kappa shape index (κ2) is 6.66. The fourth-order valence-electron chi connectivity index (χ4n) is 2.61. The molecular formula is C19H15IO3S. The van der Waals surface area contributed by atoms with Gasteiger partial charge in [0.15, 0.2) is 0 Å². The Bertz CT molecular complexity index is 993. The van der Waals surface area contributed by atoms with Crippen LogP contribution in [0.3, 0.4) is 0 Å². The zero-order valence-corrected chi connectivity index (χ0v) is 15.9. The summed E-state index contributed by atoms with van der Waals surface area (Å²) < 4.78 is 30.9. The lowest BCUT2D eigenvalue weighted by molar-refractivity contribution is 0.483. The third-order valence-corrected chi connectivity index (χ3v) is 5.59. The molecular weight excluding hydrogens is 435 g/mol. The average Bonchev–Trinajstić information content (AvgIpc) is 2.52. The van der Waals surface area contributed by atoms with Crippen molar-refractivity contribution in [3.8, 4) is 22.3 Å². The Morgan fingerprint density at radius 1 is 0.792 bits per heavy atom. The van der Waals surface area contributed by atoms with Crippen LogP contribution in [0.1, 0.15) is 5.56 Å². The average molecular weight is 450 g/mol. The van der Waals surface area contributed by atoms with Crippen LogP contribution in [-0.4, -0.2) is 13.0 Å². The van der Waals surface area contributed by atoms with Crippen molar-refractivity contribution in [2.75, 3.05) is 0 Å². The van der Waals surface area contributed by atoms with Crippen molar-refractivity contribution in [2.24, 2.45) is 0 Å². The quantitative estimate of drug-likeness (QED) is 0.321. The normalized spacial score (nSPS) is 11.5. The maximum absolute atomic E-state index is 10.5. The number of benzene rings is 3. The number of hydrogen-bond donors (Lipinski definition) is 1. The molecule has 0 aromatic heterocycles. The molecule has 0 unspecified atom stereocenters. The third-order valence-electron chi connectivity index (χ3n) is 3.82. The van der Waals surface area contributed by atoms with Crippen LogP contribution in [-0.2, 0) is 10.1 Å². The van der Waals surface area contributed by atoms with E-state index in [9.17, 15) is 8.42 Å². The molecule has 3 nitrogen and oxygen atoms in total. The Labute approximate surface area is 155 Å². The van der Waals surface area contributed by atoms with Crippen molar-refractivity contribution in [3.63, 3.8) is 0 Å². The molecule has 0 atom stereocenters. The maximum atomic E-state index is 10.5. The van der Waals surface area contributed by atoms with Crippen LogP contribution in [0, 0.1) is 10.5 Å². The first-order chi connectivity index (χ1) is 11.4. The lowest BCUT2D eigenvalue weighted by Gasteiger charge is -2.24. The van der Waals surface area contributed by atoms with Crippen molar-refractivity contribution in [1.29, 1.82) is 0 Å². The summed E-state index contributed by atoms with van der Waals surface area (Å²) in [7, 11) is -4.02. The number of hydrogen-bond acceptors (Lipinski definition) is 2. The zero-order valence-electron chi connectivity index (χ0n) is 12.9. The Balaban J connectivity index is 0.000000144. The van der Waals surface area contributed by atoms with E-state index in [4.69, 9.17) is 4.55 Å². The highest BCUT2D eigenvalue weighted by atomic mass is 127. The fourth-order valence-corrected chi connectivity index (χ4v) is 3.87. The molecule has 5 heteroatoms. The van der Waals surface area contributed by atoms with Crippen molar-refractivity contribution in [3.05, 3.63) is 75.9 Å². The largest absolute Gasteiger partial charge is 0.294 e. The summed E-state index contributed by atoms with van der Waals surface area (Å²) in [6.07, 6.45) is 0. The Kier molecular flexibility index (Phi) is 4.76. The number of halogens is 1. The van der Waals surface area contributed by atoms with Gasteiger partial charge in [0.2, 0.25) is 0 Å². The van der Waals surface area contributed by atoms with E-state index in [1.807, 2.05) is 6.92 Å². The predicted octanol–water partition coefficient (Wildman–Crippen LogP) is 5.18. The van der Waals surface area contributed by atoms with E-state index in [1.54, 1.807) is 12.1 Å². The van der Waals surface area contributed by atoms with Gasteiger partial charge in [0.05, 0.1) is 4.90 Å². The molecule has 0 fully saturated rings. The number of rotatable bonds is 1. The first-order valence-corrected chi connectivity index (χ1v) is 9.82. The van der Waals surface area contributed by atoms with Crippen LogP contribution in [0.25, 0.3) is 22.3 Å². The first-order valence-electron chi connectivity index (χ1n) is 7.30. The van der Waals surface area contributed by atoms with Crippen LogP contribution in [0.4, 0.5) is 0 Å². The maximum Gasteiger partial charge on any atom is 0.294 e. The van der Waals surface area contributed by atoms with Crippen LogP contribution in [0.2, 0.25) is 0 Å². The van der Waals surface area contributed by atoms with Gasteiger partial charge in [-0.25, -0.2) is 0 Å². The molecule has 0 bridgehead atoms. The molecule has 0 spiro atoms. The molecule has 0 radical (unpaired) electrons. The van der Waals surface area contributed by atoms with Gasteiger partial charge in [0.1, 0.15) is 0 Å². The lowest BCUT2D eigenvalue weighted by Crippen LogP contribution is -1.99. The number of fused-ring (bicyclic) bond motifs is 4. The van der Waals surface area contributed by atoms with E-state index in [1.165, 1.54) is 38.0 Å². The van der Waals surface area contributed by atoms with Gasteiger partial charge in [0, 0.05) is 9.13 Å². The molecule has 1 aliphatic carbocycles. The topological polar surface area (TPSA) is 54.4 Å². The first kappa shape index (κ1) is 17.1. The molecule has 0 saturated heterocycles. The predicted molar refractivity (Wildman–Crippen MR) is 105 cm³/mol. The molecule has 24 heavy (non-hydrogen) atoms. The van der Waals surface area contributed by atoms with Crippen LogP contribution in [0.15, 0.2) is 71.6 Å². The molecule has 122 valence electrons. The number of aryl methyl sites for hydroxylation is 1. The van der Waals surface area contributed by atoms with E-state index in [0.29, 0.717) is 0 Å². The van der Waals surface area contributed by atoms with Gasteiger partial charge in [-0.15, -0.1) is 0 Å². The zero-order chi connectivity index (χ0) is 17.3. The van der Waals surface area contributed by atoms with Crippen molar-refractivity contribution < 1.29 is 13.0 Å². The van der Waals surface area contributed by atoms with Crippen molar-refractivity contribution >= 4 is 32.7 Å². The second-order valence-corrected chi connectivity index (χ2v) is 8.08. The van der Waals surface area contributed by atoms with Gasteiger partial charge < -0.3 is 0 Å². The summed E-state index contributed by atoms with van der Waals surface area (Å²) in [5.41, 5.74) is 6.59. The summed E-state index contributed by atoms with van der Waals surface area (Å²) >= 11 is 2.40. The van der Waals surface area contributed by atoms with Gasteiger partial charge >= 0.3 is 0 Å². The van der Waals surface area contributed by atoms with E-state index >= 15 is 0 Å². The van der Waals surface area contributed by atoms with Crippen LogP contribution < -0.4 is 0 Å². The van der Waals surface area contributed by atoms with Gasteiger partial charge in [-0.3, -0.25) is 4.55 Å². The van der Waals surface area contributed by atoms with Gasteiger partial charge in [0.25, 0.3) is 10.1 Å². The smallest absolute Gasteiger partial charge is 0.282 e. The van der Waals surface area contributed by atoms with Crippen molar-refractivity contribution in [2.45, 2.75) is 11.8 Å². The van der Waals surface area contributed by atoms with Gasteiger partial charge in [-0.2, -0.15) is 8.42 Å². The molecule has 4 rings (SSSR count). The molecule has 0 heterocycles. The lowest BCUT2D eigenvalue weighted by atomic mass is 9.81. The molecule has 0 amide bonds. The highest BCUT2D eigenvalue weighted by Crippen LogP contribution is 2.48. The summed E-state index contributed by atoms with van der Waals surface area (Å²) in [5, 5.41) is 0. The summed E-state index contributed by atoms with van der Waals surface area (Å²) in [4.78, 5) is -0.0666. The fraction of sp³-hybridized carbons (Fsp3) is 0.0526. The minimum atomic E-state index is -4.02. The van der Waals surface area contributed by atoms with E-state index in [2.05, 4.69) is 65.1 Å². The Morgan fingerprint density at radius 2 is 1.38 bits per heavy atom. The minimum absolute atomic E-state index is 0.0666. The summed E-state index contributed by atoms with van der Waals surface area (Å²) in [6, 6.07) is 21.0. The van der Waals surface area contributed by atoms with Crippen LogP contribution in [0.5, 0.6) is 0 Å². The minimum Gasteiger partial charge on any atom is -0.282 e. The molecule has 3 aromatic carbocycles. The van der Waals surface area contributed by atoms with Gasteiger partial charge in [-0.1, -0.05) is 54.1 Å². The molecule has 0 saturated carbocycles. The summed E-state index contributed by atoms with van der Waals surface area (Å²) in [6.45, 7) is 1.84. The molecule has 1 N–H and O–H groups in total. The van der Waals surface area contributed by atoms with E-state index < -0.39 is 10.1 Å². The molecule has 0 aliphatic heterocycles. The Morgan fingerprint density at radius 3 is 2.00 bits per heavy atom. The van der Waals surface area contributed by atoms with Gasteiger partial charge in [-0.05, 0) is 64.4 Å².